The molecule has 0 aliphatic rings. The Kier molecular flexibility index (Phi) is 4.81. The number of hydrogen-bond acceptors (Lipinski definition) is 3. The lowest BCUT2D eigenvalue weighted by molar-refractivity contribution is -0.142. The number of aliphatic hydroxyl groups is 1. The third-order valence-electron chi connectivity index (χ3n) is 1.29. The topological polar surface area (TPSA) is 66.8 Å². The van der Waals surface area contributed by atoms with Gasteiger partial charge < -0.3 is 14.9 Å². The van der Waals surface area contributed by atoms with E-state index in [1.807, 2.05) is 0 Å². The van der Waals surface area contributed by atoms with Crippen LogP contribution < -0.4 is 0 Å². The molecule has 66 valence electrons. The lowest BCUT2D eigenvalue weighted by Gasteiger charge is -2.17. The molecule has 0 radical (unpaired) electrons. The highest BCUT2D eigenvalue weighted by atomic mass is 16.5. The van der Waals surface area contributed by atoms with E-state index in [1.165, 1.54) is 6.92 Å². The molecule has 0 fully saturated rings. The molecule has 0 aromatic heterocycles. The first-order chi connectivity index (χ1) is 5.07. The number of rotatable bonds is 5. The minimum absolute atomic E-state index is 0.147. The van der Waals surface area contributed by atoms with Crippen LogP contribution >= 0.6 is 0 Å². The van der Waals surface area contributed by atoms with Crippen molar-refractivity contribution in [2.45, 2.75) is 32.5 Å². The zero-order chi connectivity index (χ0) is 8.85. The van der Waals surface area contributed by atoms with Crippen LogP contribution in [0.5, 0.6) is 0 Å². The Morgan fingerprint density at radius 3 is 2.45 bits per heavy atom. The number of carboxylic acids is 1. The van der Waals surface area contributed by atoms with Gasteiger partial charge in [-0.3, -0.25) is 4.79 Å². The van der Waals surface area contributed by atoms with E-state index in [2.05, 4.69) is 0 Å². The predicted octanol–water partition coefficient (Wildman–Crippen LogP) is 0.247. The van der Waals surface area contributed by atoms with Crippen LogP contribution in [-0.4, -0.2) is 35.0 Å². The number of aliphatic carboxylic acids is 1. The van der Waals surface area contributed by atoms with Gasteiger partial charge in [-0.15, -0.1) is 0 Å². The van der Waals surface area contributed by atoms with E-state index in [1.54, 1.807) is 6.92 Å². The van der Waals surface area contributed by atoms with Crippen LogP contribution in [0.15, 0.2) is 0 Å². The van der Waals surface area contributed by atoms with Gasteiger partial charge in [0.1, 0.15) is 0 Å². The molecule has 2 atom stereocenters. The van der Waals surface area contributed by atoms with E-state index < -0.39 is 18.2 Å². The first-order valence-electron chi connectivity index (χ1n) is 3.59. The molecule has 0 saturated heterocycles. The van der Waals surface area contributed by atoms with Crippen molar-refractivity contribution in [3.05, 3.63) is 0 Å². The fourth-order valence-electron chi connectivity index (χ4n) is 0.755. The summed E-state index contributed by atoms with van der Waals surface area (Å²) in [7, 11) is 0. The Bertz CT molecular complexity index is 122. The molecule has 0 aromatic carbocycles. The lowest BCUT2D eigenvalue weighted by Crippen LogP contribution is -2.29. The Hall–Kier alpha value is -0.610. The fraction of sp³-hybridized carbons (Fsp3) is 0.857. The van der Waals surface area contributed by atoms with Crippen LogP contribution in [0.25, 0.3) is 0 Å². The average molecular weight is 162 g/mol. The zero-order valence-electron chi connectivity index (χ0n) is 6.78. The van der Waals surface area contributed by atoms with Crippen molar-refractivity contribution >= 4 is 5.97 Å². The van der Waals surface area contributed by atoms with Crippen molar-refractivity contribution in [1.82, 2.24) is 0 Å². The molecule has 0 saturated carbocycles. The van der Waals surface area contributed by atoms with Gasteiger partial charge in [0.25, 0.3) is 0 Å². The molecular weight excluding hydrogens is 148 g/mol. The normalized spacial score (nSPS) is 15.9. The average Bonchev–Trinajstić information content (AvgIpc) is 1.86. The summed E-state index contributed by atoms with van der Waals surface area (Å²) in [4.78, 5) is 10.2. The summed E-state index contributed by atoms with van der Waals surface area (Å²) in [5.74, 6) is -0.954. The fourth-order valence-corrected chi connectivity index (χ4v) is 0.755. The third kappa shape index (κ3) is 4.75. The van der Waals surface area contributed by atoms with E-state index in [0.29, 0.717) is 6.61 Å². The quantitative estimate of drug-likeness (QED) is 0.608. The number of aliphatic hydroxyl groups excluding tert-OH is 1. The number of ether oxygens (including phenoxy) is 1. The zero-order valence-corrected chi connectivity index (χ0v) is 6.78. The molecule has 0 heterocycles. The van der Waals surface area contributed by atoms with Gasteiger partial charge in [-0.25, -0.2) is 0 Å². The van der Waals surface area contributed by atoms with Gasteiger partial charge in [-0.2, -0.15) is 0 Å². The Labute approximate surface area is 65.8 Å². The van der Waals surface area contributed by atoms with Crippen LogP contribution in [-0.2, 0) is 9.53 Å². The van der Waals surface area contributed by atoms with Gasteiger partial charge in [0.15, 0.2) is 0 Å². The molecule has 0 rings (SSSR count). The molecule has 11 heavy (non-hydrogen) atoms. The molecular formula is C7H14O4. The van der Waals surface area contributed by atoms with Crippen molar-refractivity contribution in [2.24, 2.45) is 0 Å². The Morgan fingerprint density at radius 2 is 2.18 bits per heavy atom. The predicted molar refractivity (Wildman–Crippen MR) is 39.3 cm³/mol. The number of carbonyl (C=O) groups is 1. The van der Waals surface area contributed by atoms with E-state index in [-0.39, 0.29) is 6.42 Å². The molecule has 2 unspecified atom stereocenters. The molecule has 0 amide bonds. The summed E-state index contributed by atoms with van der Waals surface area (Å²) < 4.78 is 4.98. The maximum absolute atomic E-state index is 10.2. The molecule has 0 spiro atoms. The lowest BCUT2D eigenvalue weighted by atomic mass is 10.1. The Morgan fingerprint density at radius 1 is 1.64 bits per heavy atom. The number of hydrogen-bond donors (Lipinski definition) is 2. The van der Waals surface area contributed by atoms with E-state index in [9.17, 15) is 4.79 Å². The minimum atomic E-state index is -0.954. The largest absolute Gasteiger partial charge is 0.481 e. The van der Waals surface area contributed by atoms with Gasteiger partial charge >= 0.3 is 5.97 Å². The van der Waals surface area contributed by atoms with Crippen molar-refractivity contribution in [1.29, 1.82) is 0 Å². The van der Waals surface area contributed by atoms with Gasteiger partial charge in [-0.05, 0) is 13.8 Å². The van der Waals surface area contributed by atoms with Crippen LogP contribution in [0.3, 0.4) is 0 Å². The standard InChI is InChI=1S/C7H14O4/c1-3-11-6(5(2)8)4-7(9)10/h5-6,8H,3-4H2,1-2H3,(H,9,10). The van der Waals surface area contributed by atoms with Crippen LogP contribution in [0.1, 0.15) is 20.3 Å². The van der Waals surface area contributed by atoms with Crippen LogP contribution in [0.2, 0.25) is 0 Å². The molecule has 0 aliphatic heterocycles. The second kappa shape index (κ2) is 5.09. The molecule has 0 aliphatic carbocycles. The summed E-state index contributed by atoms with van der Waals surface area (Å²) >= 11 is 0. The van der Waals surface area contributed by atoms with Crippen molar-refractivity contribution in [3.63, 3.8) is 0 Å². The summed E-state index contributed by atoms with van der Waals surface area (Å²) in [6.07, 6.45) is -1.46. The first kappa shape index (κ1) is 10.4. The molecule has 4 nitrogen and oxygen atoms in total. The van der Waals surface area contributed by atoms with Crippen molar-refractivity contribution < 1.29 is 19.7 Å². The molecule has 4 heteroatoms. The van der Waals surface area contributed by atoms with Gasteiger partial charge in [0.2, 0.25) is 0 Å². The maximum atomic E-state index is 10.2. The Balaban J connectivity index is 3.79. The van der Waals surface area contributed by atoms with Gasteiger partial charge in [-0.1, -0.05) is 0 Å². The van der Waals surface area contributed by atoms with E-state index in [0.717, 1.165) is 0 Å². The highest BCUT2D eigenvalue weighted by Crippen LogP contribution is 2.03. The van der Waals surface area contributed by atoms with E-state index in [4.69, 9.17) is 14.9 Å². The monoisotopic (exact) mass is 162 g/mol. The summed E-state index contributed by atoms with van der Waals surface area (Å²) in [5.41, 5.74) is 0. The van der Waals surface area contributed by atoms with Crippen LogP contribution in [0, 0.1) is 0 Å². The minimum Gasteiger partial charge on any atom is -0.481 e. The second-order valence-electron chi connectivity index (χ2n) is 2.33. The van der Waals surface area contributed by atoms with Crippen molar-refractivity contribution in [2.75, 3.05) is 6.61 Å². The van der Waals surface area contributed by atoms with Gasteiger partial charge in [0.05, 0.1) is 18.6 Å². The molecule has 0 aromatic rings. The summed E-state index contributed by atoms with van der Waals surface area (Å²) in [5, 5.41) is 17.4. The highest BCUT2D eigenvalue weighted by molar-refractivity contribution is 5.67. The SMILES string of the molecule is CCOC(CC(=O)O)C(C)O. The maximum Gasteiger partial charge on any atom is 0.306 e. The molecule has 0 bridgehead atoms. The molecule has 2 N–H and O–H groups in total. The smallest absolute Gasteiger partial charge is 0.306 e. The van der Waals surface area contributed by atoms with Gasteiger partial charge in [0, 0.05) is 6.61 Å². The van der Waals surface area contributed by atoms with Crippen LogP contribution in [0.4, 0.5) is 0 Å². The van der Waals surface area contributed by atoms with E-state index >= 15 is 0 Å². The summed E-state index contributed by atoms with van der Waals surface area (Å²) in [6, 6.07) is 0. The second-order valence-corrected chi connectivity index (χ2v) is 2.33. The highest BCUT2D eigenvalue weighted by Gasteiger charge is 2.17. The van der Waals surface area contributed by atoms with Crippen molar-refractivity contribution in [3.8, 4) is 0 Å². The number of carboxylic acid groups (broad SMARTS) is 1. The summed E-state index contributed by atoms with van der Waals surface area (Å²) in [6.45, 7) is 3.70. The first-order valence-corrected chi connectivity index (χ1v) is 3.59. The third-order valence-corrected chi connectivity index (χ3v) is 1.29.